The number of carbonyl (C=O) groups is 2. The second kappa shape index (κ2) is 18.7. The fourth-order valence-corrected chi connectivity index (χ4v) is 7.84. The Kier molecular flexibility index (Phi) is 12.5. The number of halogens is 1. The molecule has 18 heteroatoms. The zero-order chi connectivity index (χ0) is 46.6. The van der Waals surface area contributed by atoms with Crippen LogP contribution >= 0.6 is 22.6 Å². The van der Waals surface area contributed by atoms with Gasteiger partial charge in [-0.2, -0.15) is 10.5 Å². The minimum Gasteiger partial charge on any atom is -0.508 e. The number of phenolic OH excluding ortho intramolecular Hbond substituents is 2. The van der Waals surface area contributed by atoms with E-state index in [1.807, 2.05) is 65.7 Å². The first kappa shape index (κ1) is 44.2. The number of aromatic hydroxyl groups is 2. The summed E-state index contributed by atoms with van der Waals surface area (Å²) in [7, 11) is 2.22. The first-order valence-corrected chi connectivity index (χ1v) is 20.9. The lowest BCUT2D eigenvalue weighted by atomic mass is 9.80. The quantitative estimate of drug-likeness (QED) is 0.0528. The summed E-state index contributed by atoms with van der Waals surface area (Å²) in [6.45, 7) is 0. The number of nitrogens with one attached hydrogen (secondary N) is 2. The van der Waals surface area contributed by atoms with Crippen LogP contribution in [0.15, 0.2) is 143 Å². The third-order valence-corrected chi connectivity index (χ3v) is 10.9. The first-order chi connectivity index (χ1) is 31.8. The van der Waals surface area contributed by atoms with E-state index in [2.05, 4.69) is 26.7 Å². The Morgan fingerprint density at radius 1 is 0.652 bits per heavy atom. The van der Waals surface area contributed by atoms with Crippen molar-refractivity contribution in [2.75, 3.05) is 10.6 Å². The van der Waals surface area contributed by atoms with Gasteiger partial charge in [0.2, 0.25) is 11.4 Å². The maximum Gasteiger partial charge on any atom is 0.490 e. The number of furan rings is 2. The molecule has 16 nitrogen and oxygen atoms in total. The zero-order valence-corrected chi connectivity index (χ0v) is 36.9. The molecule has 0 aliphatic rings. The number of aryl methyl sites for hydroxylation is 2. The molecule has 0 aliphatic heterocycles. The molecule has 0 bridgehead atoms. The van der Waals surface area contributed by atoms with Crippen molar-refractivity contribution in [3.63, 3.8) is 0 Å². The van der Waals surface area contributed by atoms with Gasteiger partial charge in [0.15, 0.2) is 0 Å². The number of nitriles is 2. The van der Waals surface area contributed by atoms with Crippen molar-refractivity contribution in [2.24, 2.45) is 14.1 Å². The van der Waals surface area contributed by atoms with Gasteiger partial charge in [0.1, 0.15) is 15.2 Å². The lowest BCUT2D eigenvalue weighted by Gasteiger charge is -2.08. The van der Waals surface area contributed by atoms with Crippen molar-refractivity contribution in [3.8, 4) is 34.9 Å². The van der Waals surface area contributed by atoms with Gasteiger partial charge in [0.05, 0.1) is 63.4 Å². The maximum atomic E-state index is 13.1. The van der Waals surface area contributed by atoms with E-state index in [-0.39, 0.29) is 23.3 Å². The summed E-state index contributed by atoms with van der Waals surface area (Å²) in [6, 6.07) is 34.3. The highest BCUT2D eigenvalue weighted by Gasteiger charge is 2.20. The van der Waals surface area contributed by atoms with Crippen molar-refractivity contribution < 1.29 is 38.7 Å². The number of anilines is 2. The van der Waals surface area contributed by atoms with Gasteiger partial charge in [-0.1, -0.05) is 12.1 Å². The van der Waals surface area contributed by atoms with Gasteiger partial charge in [-0.25, -0.2) is 9.97 Å². The average Bonchev–Trinajstić information content (AvgIpc) is 4.12. The monoisotopic (exact) mass is 988 g/mol. The molecule has 324 valence electrons. The molecule has 0 aliphatic carbocycles. The van der Waals surface area contributed by atoms with Crippen LogP contribution in [0.2, 0.25) is 0 Å². The summed E-state index contributed by atoms with van der Waals surface area (Å²) >= 11 is 2.03. The largest absolute Gasteiger partial charge is 0.508 e. The summed E-state index contributed by atoms with van der Waals surface area (Å²) in [5, 5.41) is 63.8. The number of fused-ring (bicyclic) bond motifs is 4. The highest BCUT2D eigenvalue weighted by molar-refractivity contribution is 14.1. The topological polar surface area (TPSA) is 249 Å². The Hall–Kier alpha value is -8.43. The smallest absolute Gasteiger partial charge is 0.490 e. The maximum absolute atomic E-state index is 13.1. The molecule has 0 unspecified atom stereocenters. The normalized spacial score (nSPS) is 10.7. The molecule has 10 rings (SSSR count). The van der Waals surface area contributed by atoms with Crippen molar-refractivity contribution in [1.82, 2.24) is 19.1 Å². The molecule has 6 heterocycles. The molecule has 0 spiro atoms. The van der Waals surface area contributed by atoms with Crippen LogP contribution in [0.1, 0.15) is 31.8 Å². The summed E-state index contributed by atoms with van der Waals surface area (Å²) < 4.78 is 15.2. The van der Waals surface area contributed by atoms with E-state index in [9.17, 15) is 25.1 Å². The second-order valence-electron chi connectivity index (χ2n) is 14.7. The molecular weight excluding hydrogens is 954 g/mol. The van der Waals surface area contributed by atoms with Crippen LogP contribution in [0.4, 0.5) is 11.4 Å². The van der Waals surface area contributed by atoms with Crippen LogP contribution in [0.25, 0.3) is 55.3 Å². The predicted octanol–water partition coefficient (Wildman–Crippen LogP) is 7.94. The number of nitrogens with zero attached hydrogens (tertiary/aromatic N) is 6. The highest BCUT2D eigenvalue weighted by Crippen LogP contribution is 2.33. The van der Waals surface area contributed by atoms with Crippen LogP contribution in [-0.2, 0) is 14.1 Å². The van der Waals surface area contributed by atoms with Crippen molar-refractivity contribution >= 4 is 102 Å². The van der Waals surface area contributed by atoms with E-state index >= 15 is 0 Å². The Morgan fingerprint density at radius 3 is 1.71 bits per heavy atom. The molecule has 0 saturated carbocycles. The molecule has 4 aromatic carbocycles. The number of pyridine rings is 2. The minimum absolute atomic E-state index is 0.0609. The molecule has 0 fully saturated rings. The van der Waals surface area contributed by atoms with Crippen LogP contribution in [0.5, 0.6) is 11.5 Å². The fraction of sp³-hybridized carbons (Fsp3) is 0.0417. The Morgan fingerprint density at radius 2 is 1.17 bits per heavy atom. The lowest BCUT2D eigenvalue weighted by Crippen LogP contribution is -2.29. The Bertz CT molecular complexity index is 3580. The first-order valence-electron chi connectivity index (χ1n) is 19.8. The summed E-state index contributed by atoms with van der Waals surface area (Å²) in [6.07, 6.45) is 6.55. The number of hydrogen-bond acceptors (Lipinski definition) is 12. The van der Waals surface area contributed by atoms with E-state index in [1.54, 1.807) is 89.6 Å². The molecular formula is C48H34BIN8O8. The van der Waals surface area contributed by atoms with E-state index in [4.69, 9.17) is 24.1 Å². The Balaban J connectivity index is 0.000000145. The molecule has 6 N–H and O–H groups in total. The van der Waals surface area contributed by atoms with Gasteiger partial charge < -0.3 is 48.9 Å². The standard InChI is InChI=1S/C24H16N4O3.C14H9IN2O3.C10H9BN2O2/c1-28-13-20(18-9-14(12-25)5-6-22(18)28)21-11-19(17-7-8-31-24(17)27-21)23(30)26-15-3-2-4-16(29)10-15;15-12-7-11(10-4-5-20-14(10)17-12)13(19)16-8-2-1-3-9(18)6-8;1-13-6-9(11(14)15)8-4-7(5-12)2-3-10(8)13/h2-11,13,29H,1H3,(H,26,30);1-7,18H,(H,16,19);2-4,6,14-15H,1H3. The molecule has 0 atom stereocenters. The van der Waals surface area contributed by atoms with Gasteiger partial charge in [-0.3, -0.25) is 9.59 Å². The number of aromatic nitrogens is 4. The van der Waals surface area contributed by atoms with Gasteiger partial charge >= 0.3 is 7.12 Å². The summed E-state index contributed by atoms with van der Waals surface area (Å²) in [4.78, 5) is 34.2. The SMILES string of the molecule is Cn1cc(-c2cc(C(=O)Nc3cccc(O)c3)c3ccoc3n2)c2cc(C#N)ccc21.Cn1cc(B(O)O)c2cc(C#N)ccc21.O=C(Nc1cccc(O)c1)c1cc(I)nc2occc12. The number of phenols is 2. The molecule has 10 aromatic rings. The predicted molar refractivity (Wildman–Crippen MR) is 257 cm³/mol. The van der Waals surface area contributed by atoms with Gasteiger partial charge in [0, 0.05) is 82.8 Å². The number of hydrogen-bond donors (Lipinski definition) is 6. The number of carbonyl (C=O) groups excluding carboxylic acids is 2. The number of rotatable bonds is 6. The van der Waals surface area contributed by atoms with Gasteiger partial charge in [-0.05, 0) is 108 Å². The Labute approximate surface area is 388 Å². The second-order valence-corrected chi connectivity index (χ2v) is 15.9. The highest BCUT2D eigenvalue weighted by atomic mass is 127. The summed E-state index contributed by atoms with van der Waals surface area (Å²) in [5.74, 6) is -0.466. The third-order valence-electron chi connectivity index (χ3n) is 10.4. The fourth-order valence-electron chi connectivity index (χ4n) is 7.31. The number of benzene rings is 4. The lowest BCUT2D eigenvalue weighted by molar-refractivity contribution is 0.102. The third kappa shape index (κ3) is 9.28. The average molecular weight is 989 g/mol. The summed E-state index contributed by atoms with van der Waals surface area (Å²) in [5.41, 5.74) is 7.29. The molecule has 66 heavy (non-hydrogen) atoms. The van der Waals surface area contributed by atoms with E-state index in [0.717, 1.165) is 22.0 Å². The van der Waals surface area contributed by atoms with Crippen molar-refractivity contribution in [3.05, 3.63) is 160 Å². The van der Waals surface area contributed by atoms with Gasteiger partial charge in [-0.15, -0.1) is 0 Å². The van der Waals surface area contributed by atoms with Crippen LogP contribution < -0.4 is 16.1 Å². The van der Waals surface area contributed by atoms with E-state index in [1.165, 1.54) is 30.7 Å². The molecule has 0 saturated heterocycles. The minimum atomic E-state index is -1.51. The molecule has 6 aromatic heterocycles. The van der Waals surface area contributed by atoms with Crippen LogP contribution in [-0.4, -0.2) is 58.3 Å². The van der Waals surface area contributed by atoms with Gasteiger partial charge in [0.25, 0.3) is 11.8 Å². The van der Waals surface area contributed by atoms with Crippen LogP contribution in [0.3, 0.4) is 0 Å². The van der Waals surface area contributed by atoms with E-state index < -0.39 is 7.12 Å². The molecule has 0 radical (unpaired) electrons. The zero-order valence-electron chi connectivity index (χ0n) is 34.8. The van der Waals surface area contributed by atoms with Crippen LogP contribution in [0, 0.1) is 26.4 Å². The molecule has 2 amide bonds. The number of amides is 2. The van der Waals surface area contributed by atoms with Crippen molar-refractivity contribution in [1.29, 1.82) is 10.5 Å². The van der Waals surface area contributed by atoms with Crippen molar-refractivity contribution in [2.45, 2.75) is 0 Å². The van der Waals surface area contributed by atoms with E-state index in [0.29, 0.717) is 76.1 Å².